The molecule has 146 valence electrons. The Labute approximate surface area is 159 Å². The smallest absolute Gasteiger partial charge is 0.309 e. The lowest BCUT2D eigenvalue weighted by Gasteiger charge is -2.42. The van der Waals surface area contributed by atoms with E-state index in [0.29, 0.717) is 17.8 Å². The van der Waals surface area contributed by atoms with Crippen LogP contribution in [0, 0.1) is 22.7 Å². The summed E-state index contributed by atoms with van der Waals surface area (Å²) in [5.74, 6) is 0.718. The van der Waals surface area contributed by atoms with Gasteiger partial charge < -0.3 is 5.11 Å². The maximum absolute atomic E-state index is 11.3. The molecule has 26 heavy (non-hydrogen) atoms. The van der Waals surface area contributed by atoms with Gasteiger partial charge in [0.25, 0.3) is 0 Å². The van der Waals surface area contributed by atoms with Crippen molar-refractivity contribution in [1.29, 1.82) is 0 Å². The minimum absolute atomic E-state index is 0.0592. The molecule has 1 aromatic rings. The summed E-state index contributed by atoms with van der Waals surface area (Å²) in [5, 5.41) is 9.31. The predicted octanol–water partition coefficient (Wildman–Crippen LogP) is 5.87. The van der Waals surface area contributed by atoms with Gasteiger partial charge in [0.2, 0.25) is 0 Å². The number of nitrogens with zero attached hydrogens (tertiary/aromatic N) is 1. The molecule has 0 amide bonds. The van der Waals surface area contributed by atoms with Gasteiger partial charge in [-0.2, -0.15) is 0 Å². The van der Waals surface area contributed by atoms with Gasteiger partial charge in [0.05, 0.1) is 5.41 Å². The maximum atomic E-state index is 11.3. The van der Waals surface area contributed by atoms with E-state index in [4.69, 9.17) is 4.98 Å². The van der Waals surface area contributed by atoms with Gasteiger partial charge in [-0.15, -0.1) is 0 Å². The summed E-state index contributed by atoms with van der Waals surface area (Å²) >= 11 is 0. The fraction of sp³-hybridized carbons (Fsp3) is 0.739. The zero-order chi connectivity index (χ0) is 19.8. The van der Waals surface area contributed by atoms with Crippen LogP contribution in [0.4, 0.5) is 0 Å². The van der Waals surface area contributed by atoms with Gasteiger partial charge in [0, 0.05) is 17.3 Å². The fourth-order valence-electron chi connectivity index (χ4n) is 4.39. The highest BCUT2D eigenvalue weighted by Gasteiger charge is 2.38. The summed E-state index contributed by atoms with van der Waals surface area (Å²) in [7, 11) is 0. The Morgan fingerprint density at radius 1 is 1.00 bits per heavy atom. The number of pyridine rings is 1. The SMILES string of the molecule is CC(C)(Cc1ccc(C(C)(C)C2CCC(C(C)(C)C)CC2)nc1)C(=O)O. The molecule has 1 aliphatic carbocycles. The van der Waals surface area contributed by atoms with Crippen molar-refractivity contribution >= 4 is 5.97 Å². The first kappa shape index (κ1) is 20.9. The molecular weight excluding hydrogens is 322 g/mol. The third-order valence-electron chi connectivity index (χ3n) is 6.68. The lowest BCUT2D eigenvalue weighted by Crippen LogP contribution is -2.35. The minimum atomic E-state index is -0.766. The van der Waals surface area contributed by atoms with Crippen LogP contribution in [0.3, 0.4) is 0 Å². The van der Waals surface area contributed by atoms with Crippen molar-refractivity contribution in [2.75, 3.05) is 0 Å². The molecule has 1 saturated carbocycles. The second-order valence-corrected chi connectivity index (χ2v) is 10.6. The summed E-state index contributed by atoms with van der Waals surface area (Å²) in [6.07, 6.45) is 7.54. The average Bonchev–Trinajstić information content (AvgIpc) is 2.54. The number of rotatable bonds is 5. The van der Waals surface area contributed by atoms with E-state index in [1.807, 2.05) is 6.20 Å². The standard InChI is InChI=1S/C23H37NO2/c1-21(2,3)17-9-11-18(12-10-17)23(6,7)19-13-8-16(15-24-19)14-22(4,5)20(25)26/h8,13,15,17-18H,9-12,14H2,1-7H3,(H,25,26). The fourth-order valence-corrected chi connectivity index (χ4v) is 4.39. The van der Waals surface area contributed by atoms with E-state index in [1.165, 1.54) is 25.7 Å². The third-order valence-corrected chi connectivity index (χ3v) is 6.68. The molecule has 0 aliphatic heterocycles. The third kappa shape index (κ3) is 4.66. The van der Waals surface area contributed by atoms with Crippen LogP contribution in [0.1, 0.15) is 85.4 Å². The monoisotopic (exact) mass is 359 g/mol. The number of aromatic nitrogens is 1. The average molecular weight is 360 g/mol. The molecule has 2 rings (SSSR count). The van der Waals surface area contributed by atoms with Crippen molar-refractivity contribution in [3.05, 3.63) is 29.6 Å². The normalized spacial score (nSPS) is 22.3. The van der Waals surface area contributed by atoms with Crippen LogP contribution >= 0.6 is 0 Å². The molecule has 3 nitrogen and oxygen atoms in total. The van der Waals surface area contributed by atoms with Gasteiger partial charge in [-0.1, -0.05) is 40.7 Å². The van der Waals surface area contributed by atoms with Crippen LogP contribution in [0.25, 0.3) is 0 Å². The molecule has 1 fully saturated rings. The van der Waals surface area contributed by atoms with E-state index in [-0.39, 0.29) is 5.41 Å². The van der Waals surface area contributed by atoms with Crippen molar-refractivity contribution in [1.82, 2.24) is 4.98 Å². The molecule has 1 aliphatic rings. The van der Waals surface area contributed by atoms with Crippen molar-refractivity contribution in [3.8, 4) is 0 Å². The van der Waals surface area contributed by atoms with Gasteiger partial charge in [-0.25, -0.2) is 0 Å². The number of carboxylic acids is 1. The maximum Gasteiger partial charge on any atom is 0.309 e. The summed E-state index contributed by atoms with van der Waals surface area (Å²) in [6.45, 7) is 15.3. The minimum Gasteiger partial charge on any atom is -0.481 e. The molecule has 0 spiro atoms. The first-order valence-electron chi connectivity index (χ1n) is 10.0. The number of carbonyl (C=O) groups is 1. The molecule has 0 unspecified atom stereocenters. The molecule has 0 aromatic carbocycles. The van der Waals surface area contributed by atoms with Gasteiger partial charge in [-0.05, 0) is 74.8 Å². The summed E-state index contributed by atoms with van der Waals surface area (Å²) < 4.78 is 0. The quantitative estimate of drug-likeness (QED) is 0.716. The second-order valence-electron chi connectivity index (χ2n) is 10.6. The number of aliphatic carboxylic acids is 1. The number of hydrogen-bond acceptors (Lipinski definition) is 2. The topological polar surface area (TPSA) is 50.2 Å². The first-order chi connectivity index (χ1) is 11.8. The van der Waals surface area contributed by atoms with E-state index in [9.17, 15) is 9.90 Å². The first-order valence-corrected chi connectivity index (χ1v) is 10.0. The molecule has 0 bridgehead atoms. The Bertz CT molecular complexity index is 615. The Morgan fingerprint density at radius 3 is 1.96 bits per heavy atom. The Kier molecular flexibility index (Phi) is 5.90. The van der Waals surface area contributed by atoms with Crippen molar-refractivity contribution in [2.24, 2.45) is 22.7 Å². The van der Waals surface area contributed by atoms with E-state index in [0.717, 1.165) is 17.2 Å². The number of carboxylic acid groups (broad SMARTS) is 1. The zero-order valence-electron chi connectivity index (χ0n) is 17.7. The van der Waals surface area contributed by atoms with Gasteiger partial charge in [-0.3, -0.25) is 9.78 Å². The van der Waals surface area contributed by atoms with Crippen LogP contribution in [-0.2, 0) is 16.6 Å². The van der Waals surface area contributed by atoms with Crippen LogP contribution in [0.5, 0.6) is 0 Å². The highest BCUT2D eigenvalue weighted by molar-refractivity contribution is 5.74. The zero-order valence-corrected chi connectivity index (χ0v) is 17.7. The van der Waals surface area contributed by atoms with Crippen molar-refractivity contribution in [2.45, 2.75) is 86.0 Å². The largest absolute Gasteiger partial charge is 0.481 e. The number of hydrogen-bond donors (Lipinski definition) is 1. The van der Waals surface area contributed by atoms with Crippen LogP contribution in [-0.4, -0.2) is 16.1 Å². The van der Waals surface area contributed by atoms with Crippen molar-refractivity contribution < 1.29 is 9.90 Å². The Morgan fingerprint density at radius 2 is 1.54 bits per heavy atom. The highest BCUT2D eigenvalue weighted by Crippen LogP contribution is 2.46. The van der Waals surface area contributed by atoms with Crippen molar-refractivity contribution in [3.63, 3.8) is 0 Å². The lowest BCUT2D eigenvalue weighted by molar-refractivity contribution is -0.146. The Hall–Kier alpha value is -1.38. The molecule has 3 heteroatoms. The molecule has 1 heterocycles. The second kappa shape index (κ2) is 7.32. The molecule has 0 saturated heterocycles. The van der Waals surface area contributed by atoms with Crippen LogP contribution in [0.2, 0.25) is 0 Å². The van der Waals surface area contributed by atoms with Crippen LogP contribution < -0.4 is 0 Å². The lowest BCUT2D eigenvalue weighted by atomic mass is 9.63. The van der Waals surface area contributed by atoms with E-state index in [1.54, 1.807) is 13.8 Å². The van der Waals surface area contributed by atoms with E-state index >= 15 is 0 Å². The van der Waals surface area contributed by atoms with Gasteiger partial charge in [0.1, 0.15) is 0 Å². The predicted molar refractivity (Wildman–Crippen MR) is 107 cm³/mol. The van der Waals surface area contributed by atoms with Gasteiger partial charge >= 0.3 is 5.97 Å². The molecule has 1 N–H and O–H groups in total. The molecule has 0 atom stereocenters. The summed E-state index contributed by atoms with van der Waals surface area (Å²) in [6, 6.07) is 4.18. The van der Waals surface area contributed by atoms with Gasteiger partial charge in [0.15, 0.2) is 0 Å². The Balaban J connectivity index is 2.07. The van der Waals surface area contributed by atoms with Crippen LogP contribution in [0.15, 0.2) is 18.3 Å². The molecule has 1 aromatic heterocycles. The molecule has 0 radical (unpaired) electrons. The molecular formula is C23H37NO2. The summed E-state index contributed by atoms with van der Waals surface area (Å²) in [4.78, 5) is 16.1. The van der Waals surface area contributed by atoms with E-state index in [2.05, 4.69) is 46.8 Å². The highest BCUT2D eigenvalue weighted by atomic mass is 16.4. The van der Waals surface area contributed by atoms with E-state index < -0.39 is 11.4 Å². The summed E-state index contributed by atoms with van der Waals surface area (Å²) in [5.41, 5.74) is 1.83.